The number of nitrogens with one attached hydrogen (secondary N) is 2. The fourth-order valence-electron chi connectivity index (χ4n) is 4.10. The van der Waals surface area contributed by atoms with Crippen LogP contribution in [0.5, 0.6) is 11.5 Å². The molecule has 0 saturated heterocycles. The highest BCUT2D eigenvalue weighted by atomic mass is 32.2. The van der Waals surface area contributed by atoms with Crippen molar-refractivity contribution in [3.63, 3.8) is 0 Å². The molecule has 208 valence electrons. The van der Waals surface area contributed by atoms with Crippen molar-refractivity contribution in [1.82, 2.24) is 15.0 Å². The number of ether oxygens (including phenoxy) is 2. The first-order chi connectivity index (χ1) is 19.9. The summed E-state index contributed by atoms with van der Waals surface area (Å²) in [5, 5.41) is 6.02. The normalized spacial score (nSPS) is 11.5. The summed E-state index contributed by atoms with van der Waals surface area (Å²) in [6, 6.07) is 24.3. The minimum Gasteiger partial charge on any atom is -0.497 e. The van der Waals surface area contributed by atoms with E-state index >= 15 is 0 Å². The summed E-state index contributed by atoms with van der Waals surface area (Å²) in [6.45, 7) is 0. The summed E-state index contributed by atoms with van der Waals surface area (Å²) in [5.41, 5.74) is 3.01. The first-order valence-corrected chi connectivity index (χ1v) is 13.5. The highest BCUT2D eigenvalue weighted by Gasteiger charge is 2.24. The Bertz CT molecular complexity index is 1700. The molecule has 0 spiro atoms. The second-order valence-electron chi connectivity index (χ2n) is 8.73. The van der Waals surface area contributed by atoms with E-state index < -0.39 is 11.3 Å². The third-order valence-electron chi connectivity index (χ3n) is 5.95. The van der Waals surface area contributed by atoms with Crippen LogP contribution in [0.1, 0.15) is 5.69 Å². The molecule has 1 amide bonds. The van der Waals surface area contributed by atoms with Crippen LogP contribution in [0, 0.1) is 0 Å². The van der Waals surface area contributed by atoms with Crippen molar-refractivity contribution >= 4 is 56.9 Å². The van der Waals surface area contributed by atoms with Crippen LogP contribution in [0.4, 0.5) is 28.7 Å². The highest BCUT2D eigenvalue weighted by molar-refractivity contribution is 7.81. The van der Waals surface area contributed by atoms with Crippen molar-refractivity contribution in [2.24, 2.45) is 0 Å². The largest absolute Gasteiger partial charge is 0.497 e. The van der Waals surface area contributed by atoms with Crippen molar-refractivity contribution in [3.8, 4) is 11.5 Å². The van der Waals surface area contributed by atoms with Gasteiger partial charge in [-0.3, -0.25) is 14.3 Å². The van der Waals surface area contributed by atoms with Crippen LogP contribution < -0.4 is 24.4 Å². The Kier molecular flexibility index (Phi) is 8.32. The summed E-state index contributed by atoms with van der Waals surface area (Å²) < 4.78 is 35.2. The molecular weight excluding hydrogens is 544 g/mol. The number of rotatable bonds is 10. The molecule has 0 fully saturated rings. The van der Waals surface area contributed by atoms with Gasteiger partial charge in [0, 0.05) is 41.5 Å². The first kappa shape index (κ1) is 27.5. The number of benzene rings is 3. The molecule has 0 radical (unpaired) electrons. The van der Waals surface area contributed by atoms with E-state index in [1.807, 2.05) is 12.1 Å². The number of aromatic nitrogens is 3. The van der Waals surface area contributed by atoms with E-state index in [-0.39, 0.29) is 24.0 Å². The summed E-state index contributed by atoms with van der Waals surface area (Å²) in [4.78, 5) is 26.2. The van der Waals surface area contributed by atoms with Gasteiger partial charge in [-0.1, -0.05) is 24.3 Å². The van der Waals surface area contributed by atoms with Gasteiger partial charge in [-0.25, -0.2) is 18.5 Å². The van der Waals surface area contributed by atoms with E-state index in [1.54, 1.807) is 93.2 Å². The van der Waals surface area contributed by atoms with E-state index in [9.17, 15) is 13.6 Å². The Morgan fingerprint density at radius 1 is 0.878 bits per heavy atom. The number of pyridine rings is 1. The van der Waals surface area contributed by atoms with Crippen molar-refractivity contribution in [1.29, 1.82) is 0 Å². The van der Waals surface area contributed by atoms with Gasteiger partial charge in [0.25, 0.3) is 11.3 Å². The van der Waals surface area contributed by atoms with E-state index in [0.29, 0.717) is 45.3 Å². The second kappa shape index (κ2) is 12.4. The average Bonchev–Trinajstić information content (AvgIpc) is 2.97. The Balaban J connectivity index is 1.53. The van der Waals surface area contributed by atoms with Crippen LogP contribution in [-0.4, -0.2) is 43.8 Å². The van der Waals surface area contributed by atoms with Crippen molar-refractivity contribution in [3.05, 3.63) is 96.8 Å². The number of amides is 1. The van der Waals surface area contributed by atoms with Gasteiger partial charge in [0.15, 0.2) is 11.6 Å². The third-order valence-corrected chi connectivity index (χ3v) is 6.64. The maximum Gasteiger partial charge on any atom is 0.268 e. The summed E-state index contributed by atoms with van der Waals surface area (Å²) in [7, 11) is 3.08. The molecule has 1 unspecified atom stereocenters. The maximum atomic E-state index is 12.8. The monoisotopic (exact) mass is 570 g/mol. The molecule has 2 heterocycles. The molecule has 0 aliphatic carbocycles. The number of carbonyl (C=O) groups excluding carboxylic acids is 1. The summed E-state index contributed by atoms with van der Waals surface area (Å²) in [5.74, 6) is 1.10. The average molecular weight is 571 g/mol. The van der Waals surface area contributed by atoms with E-state index in [2.05, 4.69) is 15.6 Å². The van der Waals surface area contributed by atoms with Crippen molar-refractivity contribution in [2.75, 3.05) is 29.2 Å². The predicted octanol–water partition coefficient (Wildman–Crippen LogP) is 5.24. The van der Waals surface area contributed by atoms with Gasteiger partial charge in [-0.15, -0.1) is 0 Å². The number of nitrogens with zero attached hydrogens (tertiary/aromatic N) is 4. The fraction of sp³-hybridized carbons (Fsp3) is 0.103. The molecular formula is C29H26N6O5S. The zero-order valence-electron chi connectivity index (χ0n) is 22.1. The lowest BCUT2D eigenvalue weighted by molar-refractivity contribution is -0.115. The fourth-order valence-corrected chi connectivity index (χ4v) is 4.67. The van der Waals surface area contributed by atoms with E-state index in [4.69, 9.17) is 19.4 Å². The Labute approximate surface area is 238 Å². The van der Waals surface area contributed by atoms with E-state index in [1.165, 1.54) is 0 Å². The van der Waals surface area contributed by atoms with Crippen LogP contribution in [0.2, 0.25) is 0 Å². The molecule has 5 rings (SSSR count). The minimum atomic E-state index is -2.56. The van der Waals surface area contributed by atoms with Gasteiger partial charge >= 0.3 is 0 Å². The molecule has 11 nitrogen and oxygen atoms in total. The topological polar surface area (TPSA) is 139 Å². The molecule has 0 bridgehead atoms. The van der Waals surface area contributed by atoms with Gasteiger partial charge in [-0.05, 0) is 42.5 Å². The lowest BCUT2D eigenvalue weighted by Crippen LogP contribution is -2.22. The van der Waals surface area contributed by atoms with Gasteiger partial charge in [0.2, 0.25) is 5.91 Å². The number of carbonyl (C=O) groups is 1. The number of para-hydroxylation sites is 2. The summed E-state index contributed by atoms with van der Waals surface area (Å²) >= 11 is -2.56. The maximum absolute atomic E-state index is 12.8. The molecule has 3 aromatic carbocycles. The van der Waals surface area contributed by atoms with Gasteiger partial charge in [0.05, 0.1) is 37.4 Å². The molecule has 5 aromatic rings. The highest BCUT2D eigenvalue weighted by Crippen LogP contribution is 2.36. The van der Waals surface area contributed by atoms with E-state index in [0.717, 1.165) is 4.31 Å². The Hall–Kier alpha value is -5.07. The number of hydrogen-bond acceptors (Lipinski definition) is 8. The predicted molar refractivity (Wildman–Crippen MR) is 158 cm³/mol. The lowest BCUT2D eigenvalue weighted by atomic mass is 10.2. The Morgan fingerprint density at radius 2 is 1.59 bits per heavy atom. The smallest absolute Gasteiger partial charge is 0.268 e. The lowest BCUT2D eigenvalue weighted by Gasteiger charge is -2.23. The molecule has 0 aliphatic rings. The molecule has 3 N–H and O–H groups in total. The molecule has 0 saturated carbocycles. The molecule has 41 heavy (non-hydrogen) atoms. The van der Waals surface area contributed by atoms with Gasteiger partial charge in [-0.2, -0.15) is 0 Å². The number of methoxy groups -OCH3 is 2. The zero-order valence-corrected chi connectivity index (χ0v) is 23.0. The quantitative estimate of drug-likeness (QED) is 0.192. The number of fused-ring (bicyclic) bond motifs is 1. The van der Waals surface area contributed by atoms with Gasteiger partial charge in [0.1, 0.15) is 11.5 Å². The third kappa shape index (κ3) is 6.57. The van der Waals surface area contributed by atoms with Gasteiger partial charge < -0.3 is 20.1 Å². The van der Waals surface area contributed by atoms with Crippen molar-refractivity contribution < 1.29 is 23.0 Å². The van der Waals surface area contributed by atoms with Crippen molar-refractivity contribution in [2.45, 2.75) is 6.42 Å². The van der Waals surface area contributed by atoms with Crippen LogP contribution in [0.25, 0.3) is 11.0 Å². The number of hydrogen-bond donors (Lipinski definition) is 3. The van der Waals surface area contributed by atoms with Crippen LogP contribution in [0.3, 0.4) is 0 Å². The number of anilines is 5. The molecule has 1 atom stereocenters. The summed E-state index contributed by atoms with van der Waals surface area (Å²) in [6.07, 6.45) is 1.70. The molecule has 2 aromatic heterocycles. The Morgan fingerprint density at radius 3 is 2.24 bits per heavy atom. The zero-order chi connectivity index (χ0) is 28.8. The van der Waals surface area contributed by atoms with Crippen LogP contribution in [0.15, 0.2) is 91.1 Å². The molecule has 0 aliphatic heterocycles. The second-order valence-corrected chi connectivity index (χ2v) is 9.56. The minimum absolute atomic E-state index is 0.0783. The first-order valence-electron chi connectivity index (χ1n) is 12.4. The standard InChI is InChI=1S/C29H26N6O5S/c1-39-23-15-21(16-24(18-23)40-2)32-28-29(34-26-12-4-3-11-25(26)33-28)35(41(37)38)22-10-7-9-20(14-22)31-27(36)17-19-8-5-6-13-30-19/h3-16,18H,17H2,1-2H3,(H,31,36)(H,32,33)(H,37,38). The van der Waals surface area contributed by atoms with Crippen LogP contribution in [-0.2, 0) is 22.5 Å². The SMILES string of the molecule is COc1cc(Nc2nc3ccccc3nc2N(c2cccc(NC(=O)Cc3ccccn3)c2)S(=O)O)cc(OC)c1. The van der Waals surface area contributed by atoms with Crippen LogP contribution >= 0.6 is 0 Å². The molecule has 12 heteroatoms.